The number of amides is 3. The highest BCUT2D eigenvalue weighted by Gasteiger charge is 2.25. The highest BCUT2D eigenvalue weighted by atomic mass is 16.4. The summed E-state index contributed by atoms with van der Waals surface area (Å²) >= 11 is 0. The zero-order valence-corrected chi connectivity index (χ0v) is 13.7. The third-order valence-corrected chi connectivity index (χ3v) is 4.18. The van der Waals surface area contributed by atoms with Gasteiger partial charge in [-0.3, -0.25) is 4.79 Å². The zero-order valence-electron chi connectivity index (χ0n) is 13.7. The van der Waals surface area contributed by atoms with E-state index in [1.165, 1.54) is 0 Å². The molecule has 0 saturated heterocycles. The van der Waals surface area contributed by atoms with E-state index in [9.17, 15) is 19.5 Å². The van der Waals surface area contributed by atoms with Crippen molar-refractivity contribution in [1.82, 2.24) is 16.0 Å². The van der Waals surface area contributed by atoms with Gasteiger partial charge in [-0.2, -0.15) is 0 Å². The summed E-state index contributed by atoms with van der Waals surface area (Å²) in [5, 5.41) is 17.1. The number of fused-ring (bicyclic) bond motifs is 1. The summed E-state index contributed by atoms with van der Waals surface area (Å²) in [6.07, 6.45) is 0.827. The standard InChI is InChI=1S/C16H22N4O4/c1-8-5-10-6-18-4-3-11(10)9(2)13(8)14(21)20-12(15(22)23)7-19-16(17)24/h5,12,18H,3-4,6-7H2,1-2H3,(H,20,21)(H,22,23)(H3,17,19,24)/t12-/m0/s1. The molecular formula is C16H22N4O4. The van der Waals surface area contributed by atoms with E-state index >= 15 is 0 Å². The summed E-state index contributed by atoms with van der Waals surface area (Å²) in [6, 6.07) is -0.133. The Labute approximate surface area is 139 Å². The fourth-order valence-corrected chi connectivity index (χ4v) is 3.03. The zero-order chi connectivity index (χ0) is 17.9. The van der Waals surface area contributed by atoms with Crippen molar-refractivity contribution in [3.8, 4) is 0 Å². The molecule has 1 aliphatic rings. The first-order chi connectivity index (χ1) is 11.3. The molecule has 0 aromatic heterocycles. The Balaban J connectivity index is 2.25. The van der Waals surface area contributed by atoms with Gasteiger partial charge < -0.3 is 26.8 Å². The van der Waals surface area contributed by atoms with E-state index < -0.39 is 23.9 Å². The Bertz CT molecular complexity index is 687. The molecule has 2 rings (SSSR count). The van der Waals surface area contributed by atoms with Crippen molar-refractivity contribution < 1.29 is 19.5 Å². The van der Waals surface area contributed by atoms with Crippen LogP contribution in [0.4, 0.5) is 4.79 Å². The van der Waals surface area contributed by atoms with Crippen LogP contribution < -0.4 is 21.7 Å². The Morgan fingerprint density at radius 1 is 1.38 bits per heavy atom. The molecule has 0 radical (unpaired) electrons. The monoisotopic (exact) mass is 334 g/mol. The van der Waals surface area contributed by atoms with Crippen LogP contribution in [-0.2, 0) is 17.8 Å². The van der Waals surface area contributed by atoms with Crippen molar-refractivity contribution in [1.29, 1.82) is 0 Å². The largest absolute Gasteiger partial charge is 0.480 e. The number of nitrogens with two attached hydrogens (primary N) is 1. The van der Waals surface area contributed by atoms with E-state index in [0.717, 1.165) is 41.8 Å². The Hall–Kier alpha value is -2.61. The molecule has 0 saturated carbocycles. The molecule has 1 aliphatic heterocycles. The van der Waals surface area contributed by atoms with Gasteiger partial charge in [-0.15, -0.1) is 0 Å². The van der Waals surface area contributed by atoms with E-state index in [4.69, 9.17) is 5.73 Å². The van der Waals surface area contributed by atoms with Gasteiger partial charge in [-0.1, -0.05) is 6.07 Å². The summed E-state index contributed by atoms with van der Waals surface area (Å²) in [7, 11) is 0. The minimum Gasteiger partial charge on any atom is -0.480 e. The van der Waals surface area contributed by atoms with Crippen LogP contribution in [0, 0.1) is 13.8 Å². The number of nitrogens with one attached hydrogen (secondary N) is 3. The highest BCUT2D eigenvalue weighted by molar-refractivity contribution is 5.99. The Morgan fingerprint density at radius 2 is 2.08 bits per heavy atom. The lowest BCUT2D eigenvalue weighted by molar-refractivity contribution is -0.139. The number of carboxylic acids is 1. The molecule has 3 amide bonds. The normalized spacial score (nSPS) is 14.4. The van der Waals surface area contributed by atoms with E-state index in [-0.39, 0.29) is 6.54 Å². The third kappa shape index (κ3) is 3.83. The maximum atomic E-state index is 12.6. The number of benzene rings is 1. The third-order valence-electron chi connectivity index (χ3n) is 4.18. The number of rotatable bonds is 5. The second-order valence-electron chi connectivity index (χ2n) is 5.87. The second-order valence-corrected chi connectivity index (χ2v) is 5.87. The predicted molar refractivity (Wildman–Crippen MR) is 87.8 cm³/mol. The summed E-state index contributed by atoms with van der Waals surface area (Å²) in [5.74, 6) is -1.71. The lowest BCUT2D eigenvalue weighted by Gasteiger charge is -2.23. The number of carbonyl (C=O) groups is 3. The molecule has 0 bridgehead atoms. The summed E-state index contributed by atoms with van der Waals surface area (Å²) in [5.41, 5.74) is 9.39. The molecule has 1 atom stereocenters. The minimum atomic E-state index is -1.25. The number of aliphatic carboxylic acids is 1. The topological polar surface area (TPSA) is 134 Å². The van der Waals surface area contributed by atoms with Gasteiger partial charge in [0.25, 0.3) is 5.91 Å². The van der Waals surface area contributed by atoms with Crippen LogP contribution >= 0.6 is 0 Å². The van der Waals surface area contributed by atoms with Gasteiger partial charge in [0.05, 0.1) is 6.54 Å². The first-order valence-corrected chi connectivity index (χ1v) is 7.71. The number of carboxylic acid groups (broad SMARTS) is 1. The quantitative estimate of drug-likeness (QED) is 0.508. The number of carbonyl (C=O) groups excluding carboxylic acids is 2. The van der Waals surface area contributed by atoms with Crippen molar-refractivity contribution >= 4 is 17.9 Å². The SMILES string of the molecule is Cc1cc2c(c(C)c1C(=O)N[C@@H](CNC(N)=O)C(=O)O)CCNC2. The maximum absolute atomic E-state index is 12.6. The van der Waals surface area contributed by atoms with Crippen LogP contribution in [0.5, 0.6) is 0 Å². The van der Waals surface area contributed by atoms with Gasteiger partial charge in [0, 0.05) is 12.1 Å². The van der Waals surface area contributed by atoms with Crippen LogP contribution in [0.2, 0.25) is 0 Å². The van der Waals surface area contributed by atoms with Gasteiger partial charge in [0.15, 0.2) is 0 Å². The van der Waals surface area contributed by atoms with Crippen molar-refractivity contribution in [3.05, 3.63) is 33.9 Å². The van der Waals surface area contributed by atoms with Gasteiger partial charge in [0.2, 0.25) is 0 Å². The lowest BCUT2D eigenvalue weighted by Crippen LogP contribution is -2.49. The molecular weight excluding hydrogens is 312 g/mol. The number of urea groups is 1. The molecule has 24 heavy (non-hydrogen) atoms. The summed E-state index contributed by atoms with van der Waals surface area (Å²) in [6.45, 7) is 5.04. The predicted octanol–water partition coefficient (Wildman–Crippen LogP) is -0.200. The summed E-state index contributed by atoms with van der Waals surface area (Å²) in [4.78, 5) is 34.6. The molecule has 0 aliphatic carbocycles. The lowest BCUT2D eigenvalue weighted by atomic mass is 9.89. The van der Waals surface area contributed by atoms with Gasteiger partial charge in [0.1, 0.15) is 6.04 Å². The molecule has 1 heterocycles. The Morgan fingerprint density at radius 3 is 2.71 bits per heavy atom. The molecule has 1 aromatic rings. The first kappa shape index (κ1) is 17.7. The molecule has 8 heteroatoms. The van der Waals surface area contributed by atoms with Crippen LogP contribution in [0.1, 0.15) is 32.6 Å². The van der Waals surface area contributed by atoms with E-state index in [0.29, 0.717) is 5.56 Å². The number of aryl methyl sites for hydroxylation is 1. The minimum absolute atomic E-state index is 0.274. The first-order valence-electron chi connectivity index (χ1n) is 7.71. The Kier molecular flexibility index (Phi) is 5.40. The molecule has 130 valence electrons. The van der Waals surface area contributed by atoms with E-state index in [1.807, 2.05) is 19.9 Å². The maximum Gasteiger partial charge on any atom is 0.328 e. The van der Waals surface area contributed by atoms with Gasteiger partial charge in [-0.05, 0) is 49.1 Å². The van der Waals surface area contributed by atoms with E-state index in [1.54, 1.807) is 0 Å². The number of primary amides is 1. The van der Waals surface area contributed by atoms with Crippen LogP contribution in [0.25, 0.3) is 0 Å². The molecule has 0 fully saturated rings. The highest BCUT2D eigenvalue weighted by Crippen LogP contribution is 2.25. The summed E-state index contributed by atoms with van der Waals surface area (Å²) < 4.78 is 0. The molecule has 0 unspecified atom stereocenters. The fourth-order valence-electron chi connectivity index (χ4n) is 3.03. The number of hydrogen-bond acceptors (Lipinski definition) is 4. The average Bonchev–Trinajstić information content (AvgIpc) is 2.50. The van der Waals surface area contributed by atoms with Crippen LogP contribution in [0.15, 0.2) is 6.07 Å². The molecule has 0 spiro atoms. The van der Waals surface area contributed by atoms with Gasteiger partial charge in [-0.25, -0.2) is 9.59 Å². The smallest absolute Gasteiger partial charge is 0.328 e. The molecule has 1 aromatic carbocycles. The van der Waals surface area contributed by atoms with Crippen molar-refractivity contribution in [3.63, 3.8) is 0 Å². The average molecular weight is 334 g/mol. The molecule has 8 nitrogen and oxygen atoms in total. The fraction of sp³-hybridized carbons (Fsp3) is 0.438. The van der Waals surface area contributed by atoms with Crippen molar-refractivity contribution in [2.75, 3.05) is 13.1 Å². The molecule has 6 N–H and O–H groups in total. The van der Waals surface area contributed by atoms with Gasteiger partial charge >= 0.3 is 12.0 Å². The number of hydrogen-bond donors (Lipinski definition) is 5. The van der Waals surface area contributed by atoms with Crippen LogP contribution in [-0.4, -0.2) is 42.1 Å². The van der Waals surface area contributed by atoms with Crippen molar-refractivity contribution in [2.45, 2.75) is 32.9 Å². The van der Waals surface area contributed by atoms with E-state index in [2.05, 4.69) is 16.0 Å². The second kappa shape index (κ2) is 7.31. The van der Waals surface area contributed by atoms with Crippen LogP contribution in [0.3, 0.4) is 0 Å². The van der Waals surface area contributed by atoms with Crippen molar-refractivity contribution in [2.24, 2.45) is 5.73 Å².